The molecule has 1 aromatic rings. The minimum absolute atomic E-state index is 0.175. The number of nitrogens with zero attached hydrogens (tertiary/aromatic N) is 2. The fourth-order valence-corrected chi connectivity index (χ4v) is 4.24. The summed E-state index contributed by atoms with van der Waals surface area (Å²) >= 11 is 0. The molecule has 2 heterocycles. The maximum atomic E-state index is 12.7. The van der Waals surface area contributed by atoms with Gasteiger partial charge in [0.05, 0.1) is 0 Å². The zero-order valence-corrected chi connectivity index (χ0v) is 18.0. The van der Waals surface area contributed by atoms with Gasteiger partial charge < -0.3 is 14.9 Å². The lowest BCUT2D eigenvalue weighted by atomic mass is 9.75. The van der Waals surface area contributed by atoms with E-state index in [1.165, 1.54) is 22.9 Å². The molecule has 3 rings (SSSR count). The second kappa shape index (κ2) is 7.90. The summed E-state index contributed by atoms with van der Waals surface area (Å²) in [7, 11) is 2.11. The van der Waals surface area contributed by atoms with E-state index in [9.17, 15) is 9.59 Å². The molecule has 1 aromatic carbocycles. The summed E-state index contributed by atoms with van der Waals surface area (Å²) in [4.78, 5) is 27.6. The molecule has 5 heteroatoms. The predicted octanol–water partition coefficient (Wildman–Crippen LogP) is 4.53. The number of carboxylic acids is 1. The third-order valence-corrected chi connectivity index (χ3v) is 5.83. The van der Waals surface area contributed by atoms with Gasteiger partial charge in [-0.05, 0) is 49.1 Å². The van der Waals surface area contributed by atoms with Gasteiger partial charge in [-0.2, -0.15) is 0 Å². The van der Waals surface area contributed by atoms with Gasteiger partial charge in [0.25, 0.3) is 0 Å². The monoisotopic (exact) mass is 394 g/mol. The van der Waals surface area contributed by atoms with Gasteiger partial charge in [0.1, 0.15) is 0 Å². The van der Waals surface area contributed by atoms with Crippen LogP contribution in [0.1, 0.15) is 51.7 Å². The first-order valence-electron chi connectivity index (χ1n) is 10.1. The van der Waals surface area contributed by atoms with E-state index in [1.807, 2.05) is 24.0 Å². The fraction of sp³-hybridized carbons (Fsp3) is 0.417. The zero-order chi connectivity index (χ0) is 21.3. The zero-order valence-electron chi connectivity index (χ0n) is 18.0. The van der Waals surface area contributed by atoms with Crippen LogP contribution >= 0.6 is 0 Å². The largest absolute Gasteiger partial charge is 0.478 e. The molecule has 2 aliphatic heterocycles. The van der Waals surface area contributed by atoms with Crippen molar-refractivity contribution in [3.05, 3.63) is 53.1 Å². The molecule has 154 valence electrons. The molecule has 0 unspecified atom stereocenters. The van der Waals surface area contributed by atoms with Crippen molar-refractivity contribution < 1.29 is 14.7 Å². The van der Waals surface area contributed by atoms with Crippen LogP contribution in [0.5, 0.6) is 0 Å². The second-order valence-corrected chi connectivity index (χ2v) is 8.53. The van der Waals surface area contributed by atoms with E-state index in [1.54, 1.807) is 6.92 Å². The van der Waals surface area contributed by atoms with Crippen LogP contribution in [0.4, 0.5) is 11.4 Å². The minimum atomic E-state index is -0.942. The van der Waals surface area contributed by atoms with E-state index < -0.39 is 5.97 Å². The highest BCUT2D eigenvalue weighted by Crippen LogP contribution is 2.46. The molecular formula is C24H30N2O3. The molecule has 1 N–H and O–H groups in total. The van der Waals surface area contributed by atoms with Crippen molar-refractivity contribution in [2.24, 2.45) is 0 Å². The van der Waals surface area contributed by atoms with E-state index in [0.29, 0.717) is 18.5 Å². The number of aliphatic carboxylic acids is 1. The van der Waals surface area contributed by atoms with Crippen LogP contribution in [0.3, 0.4) is 0 Å². The lowest BCUT2D eigenvalue weighted by Crippen LogP contribution is -2.42. The number of carboxylic acid groups (broad SMARTS) is 1. The van der Waals surface area contributed by atoms with Crippen molar-refractivity contribution in [2.45, 2.75) is 46.0 Å². The summed E-state index contributed by atoms with van der Waals surface area (Å²) in [6.07, 6.45) is 8.40. The van der Waals surface area contributed by atoms with E-state index in [2.05, 4.69) is 44.0 Å². The highest BCUT2D eigenvalue weighted by atomic mass is 16.4. The van der Waals surface area contributed by atoms with Crippen molar-refractivity contribution in [2.75, 3.05) is 29.9 Å². The quantitative estimate of drug-likeness (QED) is 0.602. The number of carbonyl (C=O) groups is 2. The second-order valence-electron chi connectivity index (χ2n) is 8.53. The predicted molar refractivity (Wildman–Crippen MR) is 119 cm³/mol. The maximum Gasteiger partial charge on any atom is 0.328 e. The highest BCUT2D eigenvalue weighted by molar-refractivity contribution is 5.99. The Balaban J connectivity index is 2.09. The summed E-state index contributed by atoms with van der Waals surface area (Å²) in [5.41, 5.74) is 6.27. The topological polar surface area (TPSA) is 60.9 Å². The molecule has 0 saturated carbocycles. The molecule has 0 saturated heterocycles. The lowest BCUT2D eigenvalue weighted by Gasteiger charge is -2.41. The smallest absolute Gasteiger partial charge is 0.328 e. The van der Waals surface area contributed by atoms with Gasteiger partial charge in [-0.3, -0.25) is 4.79 Å². The molecule has 0 aliphatic carbocycles. The molecular weight excluding hydrogens is 364 g/mol. The van der Waals surface area contributed by atoms with Crippen LogP contribution in [0.2, 0.25) is 0 Å². The standard InChI is InChI=1S/C24H30N2O3/c1-6-26-21-13-18-17(9-7-8-16(2)12-23(28)29)10-11-25(5)20(18)14-19(21)24(3,4)15-22(26)27/h7-9,12-14H,6,10-11,15H2,1-5H3,(H,28,29)/b8-7+,16-12+,17-9+. The Morgan fingerprint density at radius 1 is 1.28 bits per heavy atom. The van der Waals surface area contributed by atoms with Crippen LogP contribution in [-0.2, 0) is 15.0 Å². The normalized spacial score (nSPS) is 20.2. The first kappa shape index (κ1) is 20.9. The fourth-order valence-electron chi connectivity index (χ4n) is 4.24. The van der Waals surface area contributed by atoms with Gasteiger partial charge in [-0.25, -0.2) is 4.79 Å². The lowest BCUT2D eigenvalue weighted by molar-refractivity contribution is -0.131. The Bertz CT molecular complexity index is 938. The van der Waals surface area contributed by atoms with Gasteiger partial charge in [0.2, 0.25) is 5.91 Å². The van der Waals surface area contributed by atoms with Crippen LogP contribution in [0.15, 0.2) is 42.0 Å². The van der Waals surface area contributed by atoms with Crippen molar-refractivity contribution in [3.8, 4) is 0 Å². The maximum absolute atomic E-state index is 12.7. The average molecular weight is 395 g/mol. The molecule has 0 radical (unpaired) electrons. The van der Waals surface area contributed by atoms with Crippen LogP contribution in [0.25, 0.3) is 5.57 Å². The Labute approximate surface area is 173 Å². The minimum Gasteiger partial charge on any atom is -0.478 e. The Kier molecular flexibility index (Phi) is 5.69. The van der Waals surface area contributed by atoms with Crippen molar-refractivity contribution in [1.29, 1.82) is 0 Å². The Morgan fingerprint density at radius 2 is 2.00 bits per heavy atom. The third-order valence-electron chi connectivity index (χ3n) is 5.83. The van der Waals surface area contributed by atoms with E-state index in [4.69, 9.17) is 5.11 Å². The SMILES string of the molecule is CCN1C(=O)CC(C)(C)c2cc3c(cc21)/C(=C/C=C/C(C)=C/C(=O)O)CCN3C. The number of allylic oxidation sites excluding steroid dienone is 4. The van der Waals surface area contributed by atoms with Crippen molar-refractivity contribution in [3.63, 3.8) is 0 Å². The first-order chi connectivity index (χ1) is 13.6. The van der Waals surface area contributed by atoms with Crippen LogP contribution in [0, 0.1) is 0 Å². The van der Waals surface area contributed by atoms with E-state index in [-0.39, 0.29) is 11.3 Å². The number of benzene rings is 1. The summed E-state index contributed by atoms with van der Waals surface area (Å²) in [6.45, 7) is 9.66. The Morgan fingerprint density at radius 3 is 2.66 bits per heavy atom. The molecule has 0 bridgehead atoms. The number of hydrogen-bond donors (Lipinski definition) is 1. The summed E-state index contributed by atoms with van der Waals surface area (Å²) in [6, 6.07) is 4.42. The summed E-state index contributed by atoms with van der Waals surface area (Å²) in [5, 5.41) is 8.85. The molecule has 1 amide bonds. The van der Waals surface area contributed by atoms with Crippen molar-refractivity contribution >= 4 is 28.8 Å². The number of amides is 1. The molecule has 0 fully saturated rings. The molecule has 2 aliphatic rings. The first-order valence-corrected chi connectivity index (χ1v) is 10.1. The molecule has 0 atom stereocenters. The highest BCUT2D eigenvalue weighted by Gasteiger charge is 2.37. The molecule has 5 nitrogen and oxygen atoms in total. The molecule has 29 heavy (non-hydrogen) atoms. The number of fused-ring (bicyclic) bond motifs is 2. The summed E-state index contributed by atoms with van der Waals surface area (Å²) in [5.74, 6) is -0.767. The number of carbonyl (C=O) groups excluding carboxylic acids is 1. The third kappa shape index (κ3) is 4.14. The van der Waals surface area contributed by atoms with Gasteiger partial charge in [0.15, 0.2) is 0 Å². The molecule has 0 spiro atoms. The number of rotatable bonds is 4. The van der Waals surface area contributed by atoms with E-state index in [0.717, 1.165) is 24.2 Å². The van der Waals surface area contributed by atoms with Gasteiger partial charge in [-0.1, -0.05) is 32.1 Å². The Hall–Kier alpha value is -2.82. The van der Waals surface area contributed by atoms with E-state index >= 15 is 0 Å². The van der Waals surface area contributed by atoms with Crippen LogP contribution in [-0.4, -0.2) is 37.1 Å². The van der Waals surface area contributed by atoms with Gasteiger partial charge in [-0.15, -0.1) is 0 Å². The summed E-state index contributed by atoms with van der Waals surface area (Å²) < 4.78 is 0. The van der Waals surface area contributed by atoms with Crippen molar-refractivity contribution in [1.82, 2.24) is 0 Å². The average Bonchev–Trinajstić information content (AvgIpc) is 2.62. The number of hydrogen-bond acceptors (Lipinski definition) is 3. The molecule has 0 aromatic heterocycles. The van der Waals surface area contributed by atoms with Gasteiger partial charge >= 0.3 is 5.97 Å². The van der Waals surface area contributed by atoms with Gasteiger partial charge in [0, 0.05) is 55.0 Å². The number of anilines is 2. The van der Waals surface area contributed by atoms with Crippen LogP contribution < -0.4 is 9.80 Å².